The Kier molecular flexibility index (Phi) is 5.07. The van der Waals surface area contributed by atoms with E-state index in [1.54, 1.807) is 24.6 Å². The van der Waals surface area contributed by atoms with Gasteiger partial charge < -0.3 is 10.2 Å². The highest BCUT2D eigenvalue weighted by molar-refractivity contribution is 7.09. The van der Waals surface area contributed by atoms with Crippen molar-refractivity contribution in [3.63, 3.8) is 0 Å². The molecule has 0 radical (unpaired) electrons. The minimum atomic E-state index is -0.495. The highest BCUT2D eigenvalue weighted by atomic mass is 32.1. The topological polar surface area (TPSA) is 115 Å². The van der Waals surface area contributed by atoms with Gasteiger partial charge in [-0.2, -0.15) is 0 Å². The number of imide groups is 1. The molecule has 0 aliphatic carbocycles. The average Bonchev–Trinajstić information content (AvgIpc) is 3.20. The number of urea groups is 1. The van der Waals surface area contributed by atoms with E-state index in [4.69, 9.17) is 0 Å². The highest BCUT2D eigenvalue weighted by Crippen LogP contribution is 2.15. The Morgan fingerprint density at radius 2 is 2.25 bits per heavy atom. The number of hydrogen-bond acceptors (Lipinski definition) is 7. The number of amides is 4. The van der Waals surface area contributed by atoms with Crippen LogP contribution in [0.15, 0.2) is 11.6 Å². The Morgan fingerprint density at radius 3 is 3.00 bits per heavy atom. The fraction of sp³-hybridized carbons (Fsp3) is 0.571. The van der Waals surface area contributed by atoms with Gasteiger partial charge in [-0.15, -0.1) is 11.3 Å². The molecule has 130 valence electrons. The Labute approximate surface area is 143 Å². The second-order valence-electron chi connectivity index (χ2n) is 5.78. The lowest BCUT2D eigenvalue weighted by Gasteiger charge is -2.32. The van der Waals surface area contributed by atoms with E-state index in [1.807, 2.05) is 5.38 Å². The van der Waals surface area contributed by atoms with Gasteiger partial charge in [0.2, 0.25) is 11.8 Å². The molecule has 2 aliphatic rings. The normalized spacial score (nSPS) is 26.2. The van der Waals surface area contributed by atoms with Crippen LogP contribution in [0.25, 0.3) is 0 Å². The lowest BCUT2D eigenvalue weighted by Crippen LogP contribution is -2.64. The summed E-state index contributed by atoms with van der Waals surface area (Å²) in [6.45, 7) is 0.558. The van der Waals surface area contributed by atoms with Gasteiger partial charge in [0.05, 0.1) is 11.2 Å². The molecule has 4 amide bonds. The maximum absolute atomic E-state index is 11.9. The number of nitrogens with zero attached hydrogens (tertiary/aromatic N) is 2. The summed E-state index contributed by atoms with van der Waals surface area (Å²) < 4.78 is 0. The first-order valence-electron chi connectivity index (χ1n) is 7.79. The molecule has 0 saturated carbocycles. The molecule has 2 fully saturated rings. The third kappa shape index (κ3) is 3.71. The Bertz CT molecular complexity index is 622. The first-order valence-corrected chi connectivity index (χ1v) is 8.67. The van der Waals surface area contributed by atoms with Crippen LogP contribution in [0.1, 0.15) is 17.8 Å². The van der Waals surface area contributed by atoms with Gasteiger partial charge in [0, 0.05) is 38.0 Å². The predicted molar refractivity (Wildman–Crippen MR) is 87.0 cm³/mol. The van der Waals surface area contributed by atoms with E-state index in [1.165, 1.54) is 4.90 Å². The van der Waals surface area contributed by atoms with Gasteiger partial charge in [-0.3, -0.25) is 25.5 Å². The Balaban J connectivity index is 1.40. The second kappa shape index (κ2) is 7.24. The summed E-state index contributed by atoms with van der Waals surface area (Å²) in [4.78, 5) is 40.9. The first-order chi connectivity index (χ1) is 11.5. The van der Waals surface area contributed by atoms with Gasteiger partial charge in [0.1, 0.15) is 12.2 Å². The predicted octanol–water partition coefficient (Wildman–Crippen LogP) is -1.02. The van der Waals surface area contributed by atoms with Crippen molar-refractivity contribution in [2.45, 2.75) is 37.6 Å². The molecular formula is C14H20N6O3S. The molecule has 24 heavy (non-hydrogen) atoms. The fourth-order valence-corrected chi connectivity index (χ4v) is 3.45. The first kappa shape index (κ1) is 16.8. The van der Waals surface area contributed by atoms with Crippen molar-refractivity contribution >= 4 is 29.2 Å². The van der Waals surface area contributed by atoms with Crippen LogP contribution in [0.5, 0.6) is 0 Å². The Morgan fingerprint density at radius 1 is 1.42 bits per heavy atom. The highest BCUT2D eigenvalue weighted by Gasteiger charge is 2.45. The lowest BCUT2D eigenvalue weighted by molar-refractivity contribution is -0.124. The molecule has 0 aromatic carbocycles. The summed E-state index contributed by atoms with van der Waals surface area (Å²) in [7, 11) is 1.63. The van der Waals surface area contributed by atoms with E-state index in [0.29, 0.717) is 19.4 Å². The van der Waals surface area contributed by atoms with Crippen molar-refractivity contribution in [2.75, 3.05) is 13.6 Å². The van der Waals surface area contributed by atoms with Crippen LogP contribution in [0.2, 0.25) is 0 Å². The van der Waals surface area contributed by atoms with E-state index >= 15 is 0 Å². The summed E-state index contributed by atoms with van der Waals surface area (Å²) in [6, 6.07) is -0.915. The molecule has 4 N–H and O–H groups in total. The minimum absolute atomic E-state index is 0.0427. The number of likely N-dealkylation sites (N-methyl/N-ethyl adjacent to an activating group) is 1. The van der Waals surface area contributed by atoms with Crippen molar-refractivity contribution in [1.82, 2.24) is 31.2 Å². The molecule has 1 aromatic rings. The number of hydrogen-bond donors (Lipinski definition) is 4. The van der Waals surface area contributed by atoms with Gasteiger partial charge >= 0.3 is 6.03 Å². The van der Waals surface area contributed by atoms with Crippen LogP contribution in [0.3, 0.4) is 0 Å². The Hall–Kier alpha value is -2.04. The van der Waals surface area contributed by atoms with Crippen LogP contribution in [0, 0.1) is 0 Å². The third-order valence-corrected chi connectivity index (χ3v) is 4.96. The van der Waals surface area contributed by atoms with E-state index in [-0.39, 0.29) is 24.1 Å². The molecule has 10 heteroatoms. The number of nitrogens with one attached hydrogen (secondary N) is 4. The number of carbonyl (C=O) groups excluding carboxylic acids is 3. The van der Waals surface area contributed by atoms with E-state index < -0.39 is 12.1 Å². The molecule has 1 aromatic heterocycles. The van der Waals surface area contributed by atoms with Crippen LogP contribution in [0.4, 0.5) is 4.79 Å². The molecule has 2 aliphatic heterocycles. The minimum Gasteiger partial charge on any atom is -0.356 e. The largest absolute Gasteiger partial charge is 0.356 e. The molecule has 9 nitrogen and oxygen atoms in total. The summed E-state index contributed by atoms with van der Waals surface area (Å²) in [6.07, 6.45) is 2.76. The van der Waals surface area contributed by atoms with Crippen LogP contribution < -0.4 is 21.3 Å². The van der Waals surface area contributed by atoms with Gasteiger partial charge in [0.15, 0.2) is 0 Å². The summed E-state index contributed by atoms with van der Waals surface area (Å²) in [5.74, 6) is -0.384. The van der Waals surface area contributed by atoms with E-state index in [0.717, 1.165) is 11.4 Å². The molecule has 3 atom stereocenters. The summed E-state index contributed by atoms with van der Waals surface area (Å²) in [5, 5.41) is 14.4. The molecule has 3 heterocycles. The van der Waals surface area contributed by atoms with Gasteiger partial charge in [-0.05, 0) is 6.42 Å². The number of thiazole rings is 1. The number of rotatable bonds is 6. The zero-order chi connectivity index (χ0) is 17.1. The van der Waals surface area contributed by atoms with Gasteiger partial charge in [-0.1, -0.05) is 0 Å². The van der Waals surface area contributed by atoms with Crippen molar-refractivity contribution < 1.29 is 14.4 Å². The van der Waals surface area contributed by atoms with Crippen molar-refractivity contribution in [3.05, 3.63) is 16.6 Å². The van der Waals surface area contributed by atoms with Crippen molar-refractivity contribution in [1.29, 1.82) is 0 Å². The summed E-state index contributed by atoms with van der Waals surface area (Å²) in [5.41, 5.74) is 0. The quantitative estimate of drug-likeness (QED) is 0.521. The number of aromatic nitrogens is 1. The maximum atomic E-state index is 11.9. The van der Waals surface area contributed by atoms with Crippen LogP contribution >= 0.6 is 11.3 Å². The lowest BCUT2D eigenvalue weighted by atomic mass is 10.2. The molecule has 3 unspecified atom stereocenters. The van der Waals surface area contributed by atoms with Crippen LogP contribution in [-0.4, -0.2) is 59.7 Å². The smallest absolute Gasteiger partial charge is 0.325 e. The monoisotopic (exact) mass is 352 g/mol. The summed E-state index contributed by atoms with van der Waals surface area (Å²) >= 11 is 1.57. The second-order valence-corrected chi connectivity index (χ2v) is 6.76. The van der Waals surface area contributed by atoms with E-state index in [2.05, 4.69) is 26.3 Å². The average molecular weight is 352 g/mol. The zero-order valence-corrected chi connectivity index (χ0v) is 14.1. The van der Waals surface area contributed by atoms with Crippen molar-refractivity contribution in [2.24, 2.45) is 0 Å². The van der Waals surface area contributed by atoms with Crippen molar-refractivity contribution in [3.8, 4) is 0 Å². The molecule has 3 rings (SSSR count). The SMILES string of the molecule is CN1C(=O)NC(=O)C2NC(CCC(=O)NCCc3nccs3)NC21. The third-order valence-electron chi connectivity index (χ3n) is 4.12. The fourth-order valence-electron chi connectivity index (χ4n) is 2.83. The van der Waals surface area contributed by atoms with E-state index in [9.17, 15) is 14.4 Å². The molecular weight excluding hydrogens is 332 g/mol. The van der Waals surface area contributed by atoms with Gasteiger partial charge in [0.25, 0.3) is 0 Å². The number of carbonyl (C=O) groups is 3. The van der Waals surface area contributed by atoms with Crippen LogP contribution in [-0.2, 0) is 16.0 Å². The number of fused-ring (bicyclic) bond motifs is 1. The maximum Gasteiger partial charge on any atom is 0.325 e. The zero-order valence-electron chi connectivity index (χ0n) is 13.2. The molecule has 2 saturated heterocycles. The van der Waals surface area contributed by atoms with Gasteiger partial charge in [-0.25, -0.2) is 9.78 Å². The molecule has 0 spiro atoms. The molecule has 0 bridgehead atoms. The standard InChI is InChI=1S/C14H20N6O3S/c1-20-12-11(13(22)19-14(20)23)17-8(18-12)2-3-9(21)15-5-4-10-16-6-7-24-10/h6-8,11-12,17-18H,2-5H2,1H3,(H,15,21)(H,19,22,23).